The highest BCUT2D eigenvalue weighted by atomic mass is 79.9. The zero-order valence-corrected chi connectivity index (χ0v) is 20.3. The number of nitrogens with one attached hydrogen (secondary N) is 1. The number of likely N-dealkylation sites (tertiary alicyclic amines) is 2. The Labute approximate surface area is 201 Å². The second-order valence-corrected chi connectivity index (χ2v) is 10.2. The summed E-state index contributed by atoms with van der Waals surface area (Å²) in [5.74, 6) is 0.750. The number of pyridine rings is 1. The van der Waals surface area contributed by atoms with E-state index in [-0.39, 0.29) is 17.6 Å². The van der Waals surface area contributed by atoms with Crippen molar-refractivity contribution in [3.63, 3.8) is 0 Å². The minimum Gasteiger partial charge on any atom is -0.339 e. The molecule has 8 heteroatoms. The Hall–Kier alpha value is -2.45. The maximum Gasteiger partial charge on any atom is 0.326 e. The molecule has 0 aliphatic carbocycles. The molecule has 2 aromatic heterocycles. The second kappa shape index (κ2) is 9.81. The highest BCUT2D eigenvalue weighted by molar-refractivity contribution is 9.10. The molecule has 0 atom stereocenters. The molecule has 1 amide bonds. The zero-order chi connectivity index (χ0) is 22.8. The molecule has 0 unspecified atom stereocenters. The van der Waals surface area contributed by atoms with E-state index < -0.39 is 0 Å². The Kier molecular flexibility index (Phi) is 6.64. The van der Waals surface area contributed by atoms with Crippen LogP contribution in [0, 0.1) is 5.92 Å². The largest absolute Gasteiger partial charge is 0.339 e. The van der Waals surface area contributed by atoms with Crippen molar-refractivity contribution in [3.8, 4) is 0 Å². The summed E-state index contributed by atoms with van der Waals surface area (Å²) in [6.45, 7) is 4.81. The Morgan fingerprint density at radius 2 is 1.82 bits per heavy atom. The molecule has 0 saturated carbocycles. The molecule has 0 bridgehead atoms. The van der Waals surface area contributed by atoms with Crippen LogP contribution in [0.2, 0.25) is 0 Å². The van der Waals surface area contributed by atoms with Gasteiger partial charge in [-0.15, -0.1) is 0 Å². The van der Waals surface area contributed by atoms with E-state index in [9.17, 15) is 9.59 Å². The number of imidazole rings is 1. The molecule has 2 aliphatic rings. The van der Waals surface area contributed by atoms with Gasteiger partial charge in [-0.25, -0.2) is 4.79 Å². The number of carbonyl (C=O) groups excluding carboxylic acids is 1. The van der Waals surface area contributed by atoms with Crippen LogP contribution in [-0.4, -0.2) is 63.0 Å². The number of amides is 1. The highest BCUT2D eigenvalue weighted by Crippen LogP contribution is 2.27. The third kappa shape index (κ3) is 4.92. The molecule has 0 radical (unpaired) electrons. The van der Waals surface area contributed by atoms with Gasteiger partial charge in [0.25, 0.3) is 5.91 Å². The molecular weight excluding hydrogens is 482 g/mol. The number of rotatable bonds is 5. The van der Waals surface area contributed by atoms with Crippen LogP contribution in [0.15, 0.2) is 52.0 Å². The number of piperidine rings is 2. The number of halogens is 1. The van der Waals surface area contributed by atoms with Gasteiger partial charge in [0.15, 0.2) is 0 Å². The van der Waals surface area contributed by atoms with Crippen molar-refractivity contribution >= 4 is 32.9 Å². The summed E-state index contributed by atoms with van der Waals surface area (Å²) < 4.78 is 2.79. The lowest BCUT2D eigenvalue weighted by atomic mass is 9.92. The first kappa shape index (κ1) is 22.3. The number of H-pyrrole nitrogens is 1. The fourth-order valence-electron chi connectivity index (χ4n) is 5.34. The number of hydrogen-bond donors (Lipinski definition) is 1. The summed E-state index contributed by atoms with van der Waals surface area (Å²) in [4.78, 5) is 36.8. The predicted molar refractivity (Wildman–Crippen MR) is 132 cm³/mol. The minimum atomic E-state index is 0.00889. The van der Waals surface area contributed by atoms with Crippen LogP contribution < -0.4 is 5.69 Å². The van der Waals surface area contributed by atoms with Crippen molar-refractivity contribution in [3.05, 3.63) is 63.2 Å². The fourth-order valence-corrected chi connectivity index (χ4v) is 5.70. The van der Waals surface area contributed by atoms with E-state index in [0.717, 1.165) is 73.9 Å². The number of hydrogen-bond acceptors (Lipinski definition) is 4. The van der Waals surface area contributed by atoms with Crippen molar-refractivity contribution in [2.45, 2.75) is 38.1 Å². The van der Waals surface area contributed by atoms with Crippen LogP contribution in [0.1, 0.15) is 48.5 Å². The number of aromatic nitrogens is 3. The van der Waals surface area contributed by atoms with Gasteiger partial charge in [-0.3, -0.25) is 14.3 Å². The molecule has 2 aliphatic heterocycles. The summed E-state index contributed by atoms with van der Waals surface area (Å²) in [6, 6.07) is 10.1. The number of para-hydroxylation sites is 2. The zero-order valence-electron chi connectivity index (χ0n) is 18.8. The highest BCUT2D eigenvalue weighted by Gasteiger charge is 2.26. The van der Waals surface area contributed by atoms with Crippen LogP contribution in [0.3, 0.4) is 0 Å². The predicted octanol–water partition coefficient (Wildman–Crippen LogP) is 4.07. The van der Waals surface area contributed by atoms with Crippen molar-refractivity contribution in [2.75, 3.05) is 32.7 Å². The first-order chi connectivity index (χ1) is 16.1. The summed E-state index contributed by atoms with van der Waals surface area (Å²) in [7, 11) is 0. The van der Waals surface area contributed by atoms with Crippen molar-refractivity contribution in [1.82, 2.24) is 24.3 Å². The molecule has 174 valence electrons. The molecule has 3 aromatic rings. The van der Waals surface area contributed by atoms with E-state index >= 15 is 0 Å². The van der Waals surface area contributed by atoms with Gasteiger partial charge in [-0.1, -0.05) is 12.1 Å². The smallest absolute Gasteiger partial charge is 0.326 e. The summed E-state index contributed by atoms with van der Waals surface area (Å²) in [5, 5.41) is 0. The lowest BCUT2D eigenvalue weighted by Gasteiger charge is -2.35. The van der Waals surface area contributed by atoms with Crippen LogP contribution >= 0.6 is 15.9 Å². The van der Waals surface area contributed by atoms with Gasteiger partial charge in [-0.05, 0) is 78.7 Å². The average Bonchev–Trinajstić information content (AvgIpc) is 3.18. The SMILES string of the molecule is O=C(c1cncc(Br)c1)N1CCC(CCN2CCC(n3c(=O)[nH]c4ccccc43)CC2)CC1. The first-order valence-electron chi connectivity index (χ1n) is 11.9. The van der Waals surface area contributed by atoms with Gasteiger partial charge in [0.2, 0.25) is 0 Å². The number of fused-ring (bicyclic) bond motifs is 1. The third-order valence-electron chi connectivity index (χ3n) is 7.25. The molecule has 1 N–H and O–H groups in total. The topological polar surface area (TPSA) is 74.2 Å². The first-order valence-corrected chi connectivity index (χ1v) is 12.7. The second-order valence-electron chi connectivity index (χ2n) is 9.31. The molecule has 4 heterocycles. The summed E-state index contributed by atoms with van der Waals surface area (Å²) in [6.07, 6.45) is 8.67. The average molecular weight is 512 g/mol. The van der Waals surface area contributed by atoms with Crippen LogP contribution in [0.25, 0.3) is 11.0 Å². The number of nitrogens with zero attached hydrogens (tertiary/aromatic N) is 4. The Morgan fingerprint density at radius 3 is 2.58 bits per heavy atom. The molecule has 0 spiro atoms. The van der Waals surface area contributed by atoms with Crippen molar-refractivity contribution in [2.24, 2.45) is 5.92 Å². The third-order valence-corrected chi connectivity index (χ3v) is 7.69. The van der Waals surface area contributed by atoms with Gasteiger partial charge < -0.3 is 14.8 Å². The van der Waals surface area contributed by atoms with Crippen LogP contribution in [0.4, 0.5) is 0 Å². The molecular formula is C25H30BrN5O2. The number of aromatic amines is 1. The van der Waals surface area contributed by atoms with Crippen molar-refractivity contribution < 1.29 is 4.79 Å². The van der Waals surface area contributed by atoms with Gasteiger partial charge >= 0.3 is 5.69 Å². The van der Waals surface area contributed by atoms with E-state index in [2.05, 4.69) is 30.8 Å². The lowest BCUT2D eigenvalue weighted by Crippen LogP contribution is -2.40. The van der Waals surface area contributed by atoms with Gasteiger partial charge in [0.1, 0.15) is 0 Å². The summed E-state index contributed by atoms with van der Waals surface area (Å²) in [5.41, 5.74) is 2.60. The van der Waals surface area contributed by atoms with Crippen LogP contribution in [0.5, 0.6) is 0 Å². The number of benzene rings is 1. The number of carbonyl (C=O) groups is 1. The van der Waals surface area contributed by atoms with E-state index in [4.69, 9.17) is 0 Å². The van der Waals surface area contributed by atoms with E-state index in [1.807, 2.05) is 39.8 Å². The fraction of sp³-hybridized carbons (Fsp3) is 0.480. The molecule has 7 nitrogen and oxygen atoms in total. The molecule has 33 heavy (non-hydrogen) atoms. The van der Waals surface area contributed by atoms with Gasteiger partial charge in [-0.2, -0.15) is 0 Å². The Balaban J connectivity index is 1.08. The minimum absolute atomic E-state index is 0.00889. The van der Waals surface area contributed by atoms with E-state index in [1.54, 1.807) is 12.4 Å². The monoisotopic (exact) mass is 511 g/mol. The van der Waals surface area contributed by atoms with Crippen molar-refractivity contribution in [1.29, 1.82) is 0 Å². The molecule has 2 saturated heterocycles. The van der Waals surface area contributed by atoms with E-state index in [1.165, 1.54) is 6.42 Å². The Bertz CT molecular complexity index is 1170. The lowest BCUT2D eigenvalue weighted by molar-refractivity contribution is 0.0677. The summed E-state index contributed by atoms with van der Waals surface area (Å²) >= 11 is 3.39. The maximum absolute atomic E-state index is 12.7. The van der Waals surface area contributed by atoms with Crippen LogP contribution in [-0.2, 0) is 0 Å². The Morgan fingerprint density at radius 1 is 1.06 bits per heavy atom. The quantitative estimate of drug-likeness (QED) is 0.560. The molecule has 1 aromatic carbocycles. The molecule has 5 rings (SSSR count). The maximum atomic E-state index is 12.7. The van der Waals surface area contributed by atoms with Gasteiger partial charge in [0.05, 0.1) is 16.6 Å². The van der Waals surface area contributed by atoms with Gasteiger partial charge in [0, 0.05) is 49.1 Å². The standard InChI is InChI=1S/C25H30BrN5O2/c26-20-15-19(16-27-17-20)24(32)30-13-6-18(7-14-30)5-10-29-11-8-21(9-12-29)31-23-4-2-1-3-22(23)28-25(31)33/h1-4,15-18,21H,5-14H2,(H,28,33). The van der Waals surface area contributed by atoms with E-state index in [0.29, 0.717) is 11.5 Å². The molecule has 2 fully saturated rings. The normalized spacial score (nSPS) is 18.8.